The lowest BCUT2D eigenvalue weighted by atomic mass is 10.1. The molecule has 0 fully saturated rings. The van der Waals surface area contributed by atoms with E-state index in [1.165, 1.54) is 5.56 Å². The first-order valence-corrected chi connectivity index (χ1v) is 9.92. The second kappa shape index (κ2) is 8.42. The van der Waals surface area contributed by atoms with Gasteiger partial charge in [0, 0.05) is 19.5 Å². The van der Waals surface area contributed by atoms with Crippen LogP contribution in [-0.4, -0.2) is 41.5 Å². The zero-order chi connectivity index (χ0) is 20.2. The number of fused-ring (bicyclic) bond motifs is 1. The molecule has 1 aliphatic heterocycles. The Balaban J connectivity index is 1.46. The minimum atomic E-state index is 0.242. The van der Waals surface area contributed by atoms with E-state index in [1.54, 1.807) is 0 Å². The van der Waals surface area contributed by atoms with Crippen LogP contribution in [0.3, 0.4) is 0 Å². The number of aliphatic imine (C=N–C) groups is 1. The van der Waals surface area contributed by atoms with Crippen molar-refractivity contribution in [1.82, 2.24) is 40.2 Å². The highest BCUT2D eigenvalue weighted by Crippen LogP contribution is 2.13. The number of hydrogen-bond donors (Lipinski definition) is 2. The summed E-state index contributed by atoms with van der Waals surface area (Å²) in [6.07, 6.45) is 1.90. The van der Waals surface area contributed by atoms with Crippen molar-refractivity contribution in [3.63, 3.8) is 0 Å². The molecule has 152 valence electrons. The fourth-order valence-corrected chi connectivity index (χ4v) is 3.42. The van der Waals surface area contributed by atoms with Crippen LogP contribution in [0, 0.1) is 13.8 Å². The van der Waals surface area contributed by atoms with Crippen LogP contribution in [0.2, 0.25) is 0 Å². The molecule has 0 radical (unpaired) electrons. The van der Waals surface area contributed by atoms with Crippen molar-refractivity contribution in [3.8, 4) is 0 Å². The highest BCUT2D eigenvalue weighted by molar-refractivity contribution is 5.80. The lowest BCUT2D eigenvalue weighted by molar-refractivity contribution is 0.392. The Kier molecular flexibility index (Phi) is 5.55. The van der Waals surface area contributed by atoms with Crippen LogP contribution in [0.25, 0.3) is 0 Å². The minimum Gasteiger partial charge on any atom is -0.352 e. The molecule has 2 N–H and O–H groups in total. The molecule has 3 heterocycles. The van der Waals surface area contributed by atoms with Crippen molar-refractivity contribution in [3.05, 3.63) is 59.2 Å². The van der Waals surface area contributed by atoms with Crippen molar-refractivity contribution in [2.24, 2.45) is 12.0 Å². The predicted octanol–water partition coefficient (Wildman–Crippen LogP) is 1.27. The van der Waals surface area contributed by atoms with Crippen molar-refractivity contribution < 1.29 is 0 Å². The fourth-order valence-electron chi connectivity index (χ4n) is 3.42. The number of benzene rings is 1. The number of nitrogens with zero attached hydrogens (tertiary/aromatic N) is 7. The first-order chi connectivity index (χ1) is 14.1. The first kappa shape index (κ1) is 19.1. The average Bonchev–Trinajstić information content (AvgIpc) is 3.25. The minimum absolute atomic E-state index is 0.242. The molecule has 29 heavy (non-hydrogen) atoms. The van der Waals surface area contributed by atoms with Gasteiger partial charge in [-0.1, -0.05) is 30.3 Å². The third-order valence-corrected chi connectivity index (χ3v) is 5.16. The Labute approximate surface area is 170 Å². The maximum atomic E-state index is 4.79. The largest absolute Gasteiger partial charge is 0.352 e. The van der Waals surface area contributed by atoms with Gasteiger partial charge in [-0.25, -0.2) is 14.7 Å². The molecule has 4 rings (SSSR count). The summed E-state index contributed by atoms with van der Waals surface area (Å²) < 4.78 is 3.98. The lowest BCUT2D eigenvalue weighted by Crippen LogP contribution is -2.47. The number of rotatable bonds is 5. The quantitative estimate of drug-likeness (QED) is 0.500. The van der Waals surface area contributed by atoms with Crippen LogP contribution >= 0.6 is 0 Å². The van der Waals surface area contributed by atoms with Crippen molar-refractivity contribution in [2.45, 2.75) is 52.4 Å². The molecule has 0 amide bonds. The van der Waals surface area contributed by atoms with Gasteiger partial charge < -0.3 is 15.2 Å². The van der Waals surface area contributed by atoms with E-state index in [4.69, 9.17) is 4.99 Å². The van der Waals surface area contributed by atoms with Crippen LogP contribution in [0.5, 0.6) is 0 Å². The van der Waals surface area contributed by atoms with Gasteiger partial charge in [0.15, 0.2) is 11.8 Å². The fraction of sp³-hybridized carbons (Fsp3) is 0.450. The molecule has 2 aromatic heterocycles. The Morgan fingerprint density at radius 1 is 1.21 bits per heavy atom. The third kappa shape index (κ3) is 4.61. The molecule has 0 bridgehead atoms. The molecular formula is C20H27N9. The van der Waals surface area contributed by atoms with Gasteiger partial charge in [0.25, 0.3) is 0 Å². The van der Waals surface area contributed by atoms with Gasteiger partial charge in [-0.3, -0.25) is 0 Å². The van der Waals surface area contributed by atoms with E-state index in [0.717, 1.165) is 48.6 Å². The van der Waals surface area contributed by atoms with E-state index >= 15 is 0 Å². The SMILES string of the molecule is Cc1nc2n(n1)CC(NC(=NCc1ccccc1)NCc1nnc(C)n1C)CC2. The van der Waals surface area contributed by atoms with E-state index in [0.29, 0.717) is 13.1 Å². The van der Waals surface area contributed by atoms with Crippen LogP contribution in [0.4, 0.5) is 0 Å². The molecule has 1 aliphatic rings. The van der Waals surface area contributed by atoms with E-state index < -0.39 is 0 Å². The third-order valence-electron chi connectivity index (χ3n) is 5.16. The zero-order valence-electron chi connectivity index (χ0n) is 17.1. The number of aromatic nitrogens is 6. The van der Waals surface area contributed by atoms with Gasteiger partial charge >= 0.3 is 0 Å². The van der Waals surface area contributed by atoms with Gasteiger partial charge in [-0.05, 0) is 25.8 Å². The van der Waals surface area contributed by atoms with Crippen LogP contribution < -0.4 is 10.6 Å². The standard InChI is InChI=1S/C20H27N9/c1-14-23-18-10-9-17(13-29(18)27-14)24-20(21-11-16-7-5-4-6-8-16)22-12-19-26-25-15(2)28(19)3/h4-8,17H,9-13H2,1-3H3,(H2,21,22,24). The van der Waals surface area contributed by atoms with Crippen LogP contribution in [0.15, 0.2) is 35.3 Å². The summed E-state index contributed by atoms with van der Waals surface area (Å²) in [4.78, 5) is 9.28. The van der Waals surface area contributed by atoms with Gasteiger partial charge in [0.05, 0.1) is 19.6 Å². The molecule has 1 unspecified atom stereocenters. The second-order valence-corrected chi connectivity index (χ2v) is 7.36. The maximum absolute atomic E-state index is 4.79. The van der Waals surface area contributed by atoms with Gasteiger partial charge in [0.2, 0.25) is 0 Å². The van der Waals surface area contributed by atoms with Crippen LogP contribution in [-0.2, 0) is 33.1 Å². The summed E-state index contributed by atoms with van der Waals surface area (Å²) in [7, 11) is 1.97. The molecular weight excluding hydrogens is 366 g/mol. The van der Waals surface area contributed by atoms with E-state index in [-0.39, 0.29) is 6.04 Å². The number of guanidine groups is 1. The summed E-state index contributed by atoms with van der Waals surface area (Å²) in [6, 6.07) is 10.5. The summed E-state index contributed by atoms with van der Waals surface area (Å²) in [5, 5.41) is 19.8. The lowest BCUT2D eigenvalue weighted by Gasteiger charge is -2.25. The molecule has 3 aromatic rings. The Hall–Kier alpha value is -3.23. The van der Waals surface area contributed by atoms with Gasteiger partial charge in [-0.2, -0.15) is 5.10 Å². The monoisotopic (exact) mass is 393 g/mol. The van der Waals surface area contributed by atoms with E-state index in [9.17, 15) is 0 Å². The molecule has 0 spiro atoms. The zero-order valence-corrected chi connectivity index (χ0v) is 17.1. The molecule has 0 saturated heterocycles. The molecule has 9 heteroatoms. The molecule has 0 saturated carbocycles. The number of aryl methyl sites for hydroxylation is 3. The summed E-state index contributed by atoms with van der Waals surface area (Å²) in [5.41, 5.74) is 1.17. The Bertz CT molecular complexity index is 987. The molecule has 0 aliphatic carbocycles. The van der Waals surface area contributed by atoms with Crippen molar-refractivity contribution >= 4 is 5.96 Å². The van der Waals surface area contributed by atoms with E-state index in [1.807, 2.05) is 48.3 Å². The molecule has 1 atom stereocenters. The topological polar surface area (TPSA) is 97.8 Å². The van der Waals surface area contributed by atoms with Gasteiger partial charge in [-0.15, -0.1) is 10.2 Å². The summed E-state index contributed by atoms with van der Waals surface area (Å²) in [6.45, 7) is 5.82. The highest BCUT2D eigenvalue weighted by Gasteiger charge is 2.22. The average molecular weight is 393 g/mol. The predicted molar refractivity (Wildman–Crippen MR) is 110 cm³/mol. The second-order valence-electron chi connectivity index (χ2n) is 7.36. The Morgan fingerprint density at radius 3 is 2.79 bits per heavy atom. The maximum Gasteiger partial charge on any atom is 0.192 e. The first-order valence-electron chi connectivity index (χ1n) is 9.92. The smallest absolute Gasteiger partial charge is 0.192 e. The summed E-state index contributed by atoms with van der Waals surface area (Å²) in [5.74, 6) is 4.41. The van der Waals surface area contributed by atoms with Crippen molar-refractivity contribution in [2.75, 3.05) is 0 Å². The molecule has 1 aromatic carbocycles. The number of nitrogens with one attached hydrogen (secondary N) is 2. The highest BCUT2D eigenvalue weighted by atomic mass is 15.4. The van der Waals surface area contributed by atoms with Crippen molar-refractivity contribution in [1.29, 1.82) is 0 Å². The van der Waals surface area contributed by atoms with E-state index in [2.05, 4.69) is 43.0 Å². The Morgan fingerprint density at radius 2 is 2.03 bits per heavy atom. The normalized spacial score (nSPS) is 16.5. The van der Waals surface area contributed by atoms with Crippen LogP contribution in [0.1, 0.15) is 35.3 Å². The number of hydrogen-bond acceptors (Lipinski definition) is 5. The summed E-state index contributed by atoms with van der Waals surface area (Å²) >= 11 is 0. The van der Waals surface area contributed by atoms with Gasteiger partial charge in [0.1, 0.15) is 17.5 Å². The molecule has 9 nitrogen and oxygen atoms in total.